The Hall–Kier alpha value is -1.83. The molecule has 0 radical (unpaired) electrons. The minimum absolute atomic E-state index is 0.0706. The van der Waals surface area contributed by atoms with Crippen molar-refractivity contribution in [2.75, 3.05) is 0 Å². The molecule has 1 heterocycles. The molecule has 1 aromatic rings. The predicted octanol–water partition coefficient (Wildman–Crippen LogP) is 2.90. The summed E-state index contributed by atoms with van der Waals surface area (Å²) in [5, 5.41) is 8.75. The van der Waals surface area contributed by atoms with Gasteiger partial charge in [-0.15, -0.1) is 0 Å². The Morgan fingerprint density at radius 3 is 1.95 bits per heavy atom. The lowest BCUT2D eigenvalue weighted by Gasteiger charge is -2.15. The van der Waals surface area contributed by atoms with E-state index < -0.39 is 0 Å². The van der Waals surface area contributed by atoms with Crippen molar-refractivity contribution in [2.45, 2.75) is 59.2 Å². The predicted molar refractivity (Wildman–Crippen MR) is 72.1 cm³/mol. The average Bonchev–Trinajstić information content (AvgIpc) is 2.38. The van der Waals surface area contributed by atoms with E-state index in [1.165, 1.54) is 0 Å². The van der Waals surface area contributed by atoms with Crippen LogP contribution in [-0.4, -0.2) is 22.2 Å². The van der Waals surface area contributed by atoms with Crippen LogP contribution in [-0.2, 0) is 6.42 Å². The van der Waals surface area contributed by atoms with Gasteiger partial charge in [-0.1, -0.05) is 13.8 Å². The van der Waals surface area contributed by atoms with Gasteiger partial charge in [0.15, 0.2) is 0 Å². The topological polar surface area (TPSA) is 68.0 Å². The molecule has 0 aliphatic rings. The standard InChI is InChI=1S/C14H21N3O2/c1-5-10(3)18-13-9-14(19-11(4)6-2)17-12(16-13)7-8-15/h9-11H,5-7H2,1-4H3. The summed E-state index contributed by atoms with van der Waals surface area (Å²) in [6.07, 6.45) is 2.06. The van der Waals surface area contributed by atoms with E-state index in [1.54, 1.807) is 6.07 Å². The fourth-order valence-electron chi connectivity index (χ4n) is 1.30. The lowest BCUT2D eigenvalue weighted by molar-refractivity contribution is 0.192. The fraction of sp³-hybridized carbons (Fsp3) is 0.643. The molecule has 19 heavy (non-hydrogen) atoms. The molecule has 0 aliphatic carbocycles. The Balaban J connectivity index is 2.93. The first-order chi connectivity index (χ1) is 9.08. The first-order valence-corrected chi connectivity index (χ1v) is 6.67. The molecule has 0 fully saturated rings. The fourth-order valence-corrected chi connectivity index (χ4v) is 1.30. The summed E-state index contributed by atoms with van der Waals surface area (Å²) in [7, 11) is 0. The monoisotopic (exact) mass is 263 g/mol. The van der Waals surface area contributed by atoms with Crippen LogP contribution in [0.2, 0.25) is 0 Å². The highest BCUT2D eigenvalue weighted by molar-refractivity contribution is 5.22. The molecular formula is C14H21N3O2. The number of nitrogens with zero attached hydrogens (tertiary/aromatic N) is 3. The van der Waals surface area contributed by atoms with Gasteiger partial charge in [0.05, 0.1) is 30.8 Å². The second-order valence-electron chi connectivity index (χ2n) is 4.47. The van der Waals surface area contributed by atoms with Crippen molar-refractivity contribution in [3.8, 4) is 17.8 Å². The Morgan fingerprint density at radius 1 is 1.11 bits per heavy atom. The molecule has 2 atom stereocenters. The zero-order chi connectivity index (χ0) is 14.3. The summed E-state index contributed by atoms with van der Waals surface area (Å²) < 4.78 is 11.3. The normalized spacial score (nSPS) is 13.4. The third-order valence-electron chi connectivity index (χ3n) is 2.76. The zero-order valence-corrected chi connectivity index (χ0v) is 12.0. The SMILES string of the molecule is CCC(C)Oc1cc(OC(C)CC)nc(CC#N)n1. The van der Waals surface area contributed by atoms with Crippen molar-refractivity contribution in [3.63, 3.8) is 0 Å². The Kier molecular flexibility index (Phi) is 6.07. The van der Waals surface area contributed by atoms with E-state index in [2.05, 4.69) is 9.97 Å². The third kappa shape index (κ3) is 5.12. The Labute approximate surface area is 114 Å². The van der Waals surface area contributed by atoms with E-state index in [0.29, 0.717) is 17.6 Å². The highest BCUT2D eigenvalue weighted by atomic mass is 16.5. The minimum atomic E-state index is 0.0706. The molecule has 0 aliphatic heterocycles. The van der Waals surface area contributed by atoms with Gasteiger partial charge in [-0.2, -0.15) is 15.2 Å². The number of hydrogen-bond donors (Lipinski definition) is 0. The van der Waals surface area contributed by atoms with Crippen LogP contribution in [0.25, 0.3) is 0 Å². The van der Waals surface area contributed by atoms with Crippen LogP contribution >= 0.6 is 0 Å². The number of rotatable bonds is 7. The van der Waals surface area contributed by atoms with E-state index in [4.69, 9.17) is 14.7 Å². The van der Waals surface area contributed by atoms with Crippen molar-refractivity contribution < 1.29 is 9.47 Å². The maximum absolute atomic E-state index is 8.75. The molecule has 0 N–H and O–H groups in total. The van der Waals surface area contributed by atoms with Crippen LogP contribution in [0.3, 0.4) is 0 Å². The third-order valence-corrected chi connectivity index (χ3v) is 2.76. The van der Waals surface area contributed by atoms with Gasteiger partial charge in [0.25, 0.3) is 0 Å². The number of nitriles is 1. The largest absolute Gasteiger partial charge is 0.474 e. The van der Waals surface area contributed by atoms with Crippen LogP contribution in [0.15, 0.2) is 6.07 Å². The van der Waals surface area contributed by atoms with E-state index in [-0.39, 0.29) is 18.6 Å². The quantitative estimate of drug-likeness (QED) is 0.756. The van der Waals surface area contributed by atoms with Crippen molar-refractivity contribution in [1.29, 1.82) is 5.26 Å². The summed E-state index contributed by atoms with van der Waals surface area (Å²) in [4.78, 5) is 8.42. The molecule has 1 rings (SSSR count). The minimum Gasteiger partial charge on any atom is -0.474 e. The highest BCUT2D eigenvalue weighted by Crippen LogP contribution is 2.19. The molecule has 1 aromatic heterocycles. The van der Waals surface area contributed by atoms with Crippen LogP contribution in [0, 0.1) is 11.3 Å². The van der Waals surface area contributed by atoms with Gasteiger partial charge >= 0.3 is 0 Å². The zero-order valence-electron chi connectivity index (χ0n) is 12.0. The molecule has 2 unspecified atom stereocenters. The molecule has 5 nitrogen and oxygen atoms in total. The summed E-state index contributed by atoms with van der Waals surface area (Å²) >= 11 is 0. The van der Waals surface area contributed by atoms with Gasteiger partial charge in [0, 0.05) is 0 Å². The highest BCUT2D eigenvalue weighted by Gasteiger charge is 2.11. The molecular weight excluding hydrogens is 242 g/mol. The molecule has 5 heteroatoms. The van der Waals surface area contributed by atoms with Crippen LogP contribution in [0.1, 0.15) is 46.4 Å². The van der Waals surface area contributed by atoms with Crippen LogP contribution in [0.4, 0.5) is 0 Å². The molecule has 0 aromatic carbocycles. The second-order valence-corrected chi connectivity index (χ2v) is 4.47. The smallest absolute Gasteiger partial charge is 0.220 e. The van der Waals surface area contributed by atoms with E-state index >= 15 is 0 Å². The summed E-state index contributed by atoms with van der Waals surface area (Å²) in [5.74, 6) is 1.36. The molecule has 0 spiro atoms. The lowest BCUT2D eigenvalue weighted by atomic mass is 10.3. The number of ether oxygens (including phenoxy) is 2. The Morgan fingerprint density at radius 2 is 1.58 bits per heavy atom. The Bertz CT molecular complexity index is 413. The summed E-state index contributed by atoms with van der Waals surface area (Å²) in [6, 6.07) is 3.72. The van der Waals surface area contributed by atoms with Gasteiger partial charge in [-0.05, 0) is 26.7 Å². The summed E-state index contributed by atoms with van der Waals surface area (Å²) in [6.45, 7) is 8.03. The van der Waals surface area contributed by atoms with Gasteiger partial charge in [-0.3, -0.25) is 0 Å². The first kappa shape index (κ1) is 15.2. The number of aromatic nitrogens is 2. The summed E-state index contributed by atoms with van der Waals surface area (Å²) in [5.41, 5.74) is 0. The van der Waals surface area contributed by atoms with Crippen LogP contribution in [0.5, 0.6) is 11.8 Å². The van der Waals surface area contributed by atoms with Gasteiger partial charge in [0.1, 0.15) is 5.82 Å². The molecule has 0 amide bonds. The van der Waals surface area contributed by atoms with Crippen molar-refractivity contribution in [3.05, 3.63) is 11.9 Å². The average molecular weight is 263 g/mol. The second kappa shape index (κ2) is 7.57. The molecule has 0 bridgehead atoms. The maximum atomic E-state index is 8.75. The van der Waals surface area contributed by atoms with Crippen molar-refractivity contribution >= 4 is 0 Å². The van der Waals surface area contributed by atoms with Crippen LogP contribution < -0.4 is 9.47 Å². The van der Waals surface area contributed by atoms with E-state index in [0.717, 1.165) is 12.8 Å². The van der Waals surface area contributed by atoms with Gasteiger partial charge < -0.3 is 9.47 Å². The van der Waals surface area contributed by atoms with E-state index in [1.807, 2.05) is 33.8 Å². The molecule has 104 valence electrons. The van der Waals surface area contributed by atoms with Crippen molar-refractivity contribution in [2.24, 2.45) is 0 Å². The maximum Gasteiger partial charge on any atom is 0.220 e. The molecule has 0 saturated carbocycles. The molecule has 0 saturated heterocycles. The van der Waals surface area contributed by atoms with Gasteiger partial charge in [-0.25, -0.2) is 0 Å². The van der Waals surface area contributed by atoms with Gasteiger partial charge in [0.2, 0.25) is 11.8 Å². The number of hydrogen-bond acceptors (Lipinski definition) is 5. The van der Waals surface area contributed by atoms with E-state index in [9.17, 15) is 0 Å². The first-order valence-electron chi connectivity index (χ1n) is 6.67. The van der Waals surface area contributed by atoms with Crippen molar-refractivity contribution in [1.82, 2.24) is 9.97 Å². The lowest BCUT2D eigenvalue weighted by Crippen LogP contribution is -2.14.